The smallest absolute Gasteiger partial charge is 0.102 e. The van der Waals surface area contributed by atoms with E-state index in [1.54, 1.807) is 68.0 Å². The van der Waals surface area contributed by atoms with E-state index in [9.17, 15) is 21.0 Å². The molecule has 10 heteroatoms. The van der Waals surface area contributed by atoms with E-state index in [1.165, 1.54) is 70.9 Å². The van der Waals surface area contributed by atoms with E-state index in [1.807, 2.05) is 0 Å². The van der Waals surface area contributed by atoms with Crippen molar-refractivity contribution in [2.45, 2.75) is 104 Å². The average Bonchev–Trinajstić information content (AvgIpc) is 4.04. The van der Waals surface area contributed by atoms with Gasteiger partial charge in [0.15, 0.2) is 0 Å². The molecule has 6 rings (SSSR count). The Kier molecular flexibility index (Phi) is 14.5. The fourth-order valence-electron chi connectivity index (χ4n) is 6.63. The molecule has 0 fully saturated rings. The zero-order chi connectivity index (χ0) is 37.9. The molecule has 0 aliphatic heterocycles. The molecule has 0 spiro atoms. The number of hydrogen-bond acceptors (Lipinski definition) is 10. The molecular formula is C44H42N4S6. The van der Waals surface area contributed by atoms with Gasteiger partial charge in [0.25, 0.3) is 0 Å². The molecular weight excluding hydrogens is 777 g/mol. The molecule has 6 aromatic heterocycles. The van der Waals surface area contributed by atoms with Gasteiger partial charge in [0.2, 0.25) is 0 Å². The number of nitriles is 4. The molecule has 0 saturated heterocycles. The van der Waals surface area contributed by atoms with Crippen molar-refractivity contribution in [2.24, 2.45) is 0 Å². The number of rotatable bonds is 19. The van der Waals surface area contributed by atoms with Crippen LogP contribution < -0.4 is 0 Å². The molecule has 0 aliphatic rings. The monoisotopic (exact) mass is 818 g/mol. The van der Waals surface area contributed by atoms with Gasteiger partial charge in [-0.25, -0.2) is 0 Å². The Hall–Kier alpha value is -3.84. The summed E-state index contributed by atoms with van der Waals surface area (Å²) in [6, 6.07) is 26.6. The van der Waals surface area contributed by atoms with E-state index in [0.717, 1.165) is 77.5 Å². The largest absolute Gasteiger partial charge is 0.192 e. The zero-order valence-corrected chi connectivity index (χ0v) is 35.7. The van der Waals surface area contributed by atoms with Crippen molar-refractivity contribution in [3.05, 3.63) is 80.5 Å². The van der Waals surface area contributed by atoms with Gasteiger partial charge in [-0.3, -0.25) is 0 Å². The van der Waals surface area contributed by atoms with Gasteiger partial charge in [-0.2, -0.15) is 21.0 Å². The summed E-state index contributed by atoms with van der Waals surface area (Å²) in [6.07, 6.45) is 16.1. The van der Waals surface area contributed by atoms with Crippen LogP contribution in [0.3, 0.4) is 0 Å². The predicted molar refractivity (Wildman–Crippen MR) is 234 cm³/mol. The summed E-state index contributed by atoms with van der Waals surface area (Å²) in [5.74, 6) is 0. The Labute approximate surface area is 343 Å². The predicted octanol–water partition coefficient (Wildman–Crippen LogP) is 15.7. The maximum atomic E-state index is 10.1. The summed E-state index contributed by atoms with van der Waals surface area (Å²) in [6.45, 7) is 4.45. The molecule has 0 aromatic carbocycles. The number of thiophene rings is 6. The van der Waals surface area contributed by atoms with Gasteiger partial charge in [0.1, 0.15) is 24.3 Å². The molecule has 6 aromatic rings. The fraction of sp³-hybridized carbons (Fsp3) is 0.364. The van der Waals surface area contributed by atoms with E-state index in [4.69, 9.17) is 0 Å². The second-order valence-electron chi connectivity index (χ2n) is 13.3. The Morgan fingerprint density at radius 3 is 0.944 bits per heavy atom. The van der Waals surface area contributed by atoms with Gasteiger partial charge in [0.05, 0.1) is 32.0 Å². The third-order valence-corrected chi connectivity index (χ3v) is 17.3. The van der Waals surface area contributed by atoms with Crippen molar-refractivity contribution < 1.29 is 0 Å². The molecule has 0 aliphatic carbocycles. The lowest BCUT2D eigenvalue weighted by molar-refractivity contribution is 0.609. The minimum atomic E-state index is 0.522. The van der Waals surface area contributed by atoms with Gasteiger partial charge in [0, 0.05) is 48.8 Å². The van der Waals surface area contributed by atoms with Crippen LogP contribution >= 0.6 is 68.0 Å². The first-order valence-electron chi connectivity index (χ1n) is 18.9. The fourth-order valence-corrected chi connectivity index (χ4v) is 13.6. The summed E-state index contributed by atoms with van der Waals surface area (Å²) < 4.78 is 0. The third kappa shape index (κ3) is 9.16. The van der Waals surface area contributed by atoms with Gasteiger partial charge < -0.3 is 0 Å². The van der Waals surface area contributed by atoms with Crippen molar-refractivity contribution in [2.75, 3.05) is 0 Å². The lowest BCUT2D eigenvalue weighted by atomic mass is 10.0. The van der Waals surface area contributed by atoms with Crippen molar-refractivity contribution in [1.82, 2.24) is 0 Å². The van der Waals surface area contributed by atoms with Crippen LogP contribution in [0.15, 0.2) is 48.5 Å². The van der Waals surface area contributed by atoms with Gasteiger partial charge in [-0.05, 0) is 74.2 Å². The van der Waals surface area contributed by atoms with Crippen LogP contribution in [0.2, 0.25) is 0 Å². The summed E-state index contributed by atoms with van der Waals surface area (Å²) in [4.78, 5) is 13.1. The van der Waals surface area contributed by atoms with Crippen LogP contribution in [0.1, 0.15) is 123 Å². The first-order chi connectivity index (χ1) is 26.5. The maximum Gasteiger partial charge on any atom is 0.102 e. The first kappa shape index (κ1) is 39.8. The molecule has 4 nitrogen and oxygen atoms in total. The highest BCUT2D eigenvalue weighted by molar-refractivity contribution is 7.30. The number of aryl methyl sites for hydroxylation is 2. The molecule has 0 atom stereocenters. The minimum Gasteiger partial charge on any atom is -0.192 e. The van der Waals surface area contributed by atoms with Crippen molar-refractivity contribution in [3.8, 4) is 73.0 Å². The van der Waals surface area contributed by atoms with Crippen LogP contribution in [-0.4, -0.2) is 0 Å². The van der Waals surface area contributed by atoms with E-state index in [-0.39, 0.29) is 0 Å². The minimum absolute atomic E-state index is 0.522. The normalized spacial score (nSPS) is 11.0. The second kappa shape index (κ2) is 19.7. The molecule has 0 amide bonds. The van der Waals surface area contributed by atoms with Crippen molar-refractivity contribution in [1.29, 1.82) is 21.0 Å². The molecule has 0 unspecified atom stereocenters. The van der Waals surface area contributed by atoms with E-state index < -0.39 is 0 Å². The second-order valence-corrected chi connectivity index (χ2v) is 19.9. The summed E-state index contributed by atoms with van der Waals surface area (Å²) in [5.41, 5.74) is 2.17. The maximum absolute atomic E-state index is 10.1. The Morgan fingerprint density at radius 1 is 0.352 bits per heavy atom. The molecule has 0 saturated carbocycles. The molecule has 6 heterocycles. The summed E-state index contributed by atoms with van der Waals surface area (Å²) >= 11 is 10.2. The standard InChI is InChI=1S/C44H42N4S6/c1-3-5-7-9-11-13-15-33-29(25-45)31(27-47)43(53-33)41-23-21-39(51-41)37-19-17-35(49-37)36-18-20-38(50-36)40-22-24-42(52-40)44-32(28-48)30(26-46)34(54-44)16-14-12-10-8-6-4-2/h17-24H,3-16H2,1-2H3. The van der Waals surface area contributed by atoms with E-state index in [0.29, 0.717) is 22.3 Å². The van der Waals surface area contributed by atoms with Crippen molar-refractivity contribution >= 4 is 68.0 Å². The van der Waals surface area contributed by atoms with Gasteiger partial charge in [-0.15, -0.1) is 68.0 Å². The number of hydrogen-bond donors (Lipinski definition) is 0. The van der Waals surface area contributed by atoms with Crippen LogP contribution in [-0.2, 0) is 12.8 Å². The lowest BCUT2D eigenvalue weighted by Crippen LogP contribution is -1.87. The van der Waals surface area contributed by atoms with Crippen LogP contribution in [0.4, 0.5) is 0 Å². The number of nitrogens with zero attached hydrogens (tertiary/aromatic N) is 4. The molecule has 274 valence electrons. The molecule has 54 heavy (non-hydrogen) atoms. The van der Waals surface area contributed by atoms with Gasteiger partial charge in [-0.1, -0.05) is 78.1 Å². The topological polar surface area (TPSA) is 95.2 Å². The number of unbranched alkanes of at least 4 members (excludes halogenated alkanes) is 10. The average molecular weight is 819 g/mol. The Morgan fingerprint density at radius 2 is 0.630 bits per heavy atom. The van der Waals surface area contributed by atoms with Crippen LogP contribution in [0.25, 0.3) is 48.8 Å². The van der Waals surface area contributed by atoms with Gasteiger partial charge >= 0.3 is 0 Å². The highest BCUT2D eigenvalue weighted by Gasteiger charge is 2.23. The van der Waals surface area contributed by atoms with E-state index in [2.05, 4.69) is 86.7 Å². The molecule has 0 radical (unpaired) electrons. The van der Waals surface area contributed by atoms with Crippen LogP contribution in [0, 0.1) is 45.3 Å². The highest BCUT2D eigenvalue weighted by Crippen LogP contribution is 2.48. The quantitative estimate of drug-likeness (QED) is 0.0761. The van der Waals surface area contributed by atoms with Crippen LogP contribution in [0.5, 0.6) is 0 Å². The Balaban J connectivity index is 1.15. The zero-order valence-electron chi connectivity index (χ0n) is 30.8. The third-order valence-electron chi connectivity index (χ3n) is 9.52. The highest BCUT2D eigenvalue weighted by atomic mass is 32.1. The summed E-state index contributed by atoms with van der Waals surface area (Å²) in [7, 11) is 0. The molecule has 0 N–H and O–H groups in total. The molecule has 0 bridgehead atoms. The Bertz CT molecular complexity index is 2180. The SMILES string of the molecule is CCCCCCCCc1sc(-c2ccc(-c3ccc(-c4ccc(-c5ccc(-c6sc(CCCCCCCC)c(C#N)c6C#N)s5)s4)s3)s2)c(C#N)c1C#N. The van der Waals surface area contributed by atoms with Crippen molar-refractivity contribution in [3.63, 3.8) is 0 Å². The summed E-state index contributed by atoms with van der Waals surface area (Å²) in [5, 5.41) is 40.1. The first-order valence-corrected chi connectivity index (χ1v) is 23.8. The van der Waals surface area contributed by atoms with E-state index >= 15 is 0 Å². The lowest BCUT2D eigenvalue weighted by Gasteiger charge is -2.00.